The second-order valence-electron chi connectivity index (χ2n) is 6.59. The van der Waals surface area contributed by atoms with Gasteiger partial charge in [0.1, 0.15) is 12.4 Å². The van der Waals surface area contributed by atoms with E-state index in [1.165, 1.54) is 11.8 Å². The highest BCUT2D eigenvalue weighted by Gasteiger charge is 2.33. The number of nitrogens with zero attached hydrogens (tertiary/aromatic N) is 1. The highest BCUT2D eigenvalue weighted by atomic mass is 79.9. The van der Waals surface area contributed by atoms with Crippen molar-refractivity contribution < 1.29 is 9.53 Å². The predicted molar refractivity (Wildman–Crippen MR) is 137 cm³/mol. The van der Waals surface area contributed by atoms with Crippen molar-refractivity contribution in [3.8, 4) is 5.75 Å². The Bertz CT molecular complexity index is 1220. The van der Waals surface area contributed by atoms with Crippen molar-refractivity contribution in [2.45, 2.75) is 6.61 Å². The maximum Gasteiger partial charge on any atom is 0.270 e. The Kier molecular flexibility index (Phi) is 7.04. The smallest absolute Gasteiger partial charge is 0.270 e. The van der Waals surface area contributed by atoms with Gasteiger partial charge in [-0.15, -0.1) is 0 Å². The number of hydrogen-bond donors (Lipinski definition) is 0. The molecule has 0 N–H and O–H groups in total. The number of hydrogen-bond acceptors (Lipinski definition) is 4. The molecule has 1 aliphatic heterocycles. The van der Waals surface area contributed by atoms with Gasteiger partial charge in [-0.3, -0.25) is 9.69 Å². The topological polar surface area (TPSA) is 29.5 Å². The molecule has 1 aliphatic rings. The van der Waals surface area contributed by atoms with Gasteiger partial charge in [-0.1, -0.05) is 87.4 Å². The third-order valence-electron chi connectivity index (χ3n) is 4.43. The van der Waals surface area contributed by atoms with E-state index in [0.29, 0.717) is 31.6 Å². The summed E-state index contributed by atoms with van der Waals surface area (Å²) >= 11 is 22.3. The number of halogens is 3. The zero-order chi connectivity index (χ0) is 22.0. The molecule has 31 heavy (non-hydrogen) atoms. The largest absolute Gasteiger partial charge is 0.489 e. The fraction of sp³-hybridized carbons (Fsp3) is 0.0435. The van der Waals surface area contributed by atoms with Crippen LogP contribution in [0.1, 0.15) is 11.1 Å². The number of carbonyl (C=O) groups excluding carboxylic acids is 1. The maximum atomic E-state index is 13.0. The van der Waals surface area contributed by atoms with Crippen LogP contribution in [0.5, 0.6) is 5.75 Å². The monoisotopic (exact) mass is 549 g/mol. The van der Waals surface area contributed by atoms with Crippen LogP contribution in [0.3, 0.4) is 0 Å². The summed E-state index contributed by atoms with van der Waals surface area (Å²) in [6.07, 6.45) is 1.82. The van der Waals surface area contributed by atoms with Crippen LogP contribution < -0.4 is 9.64 Å². The van der Waals surface area contributed by atoms with Crippen molar-refractivity contribution in [3.63, 3.8) is 0 Å². The molecule has 1 heterocycles. The lowest BCUT2D eigenvalue weighted by Gasteiger charge is -2.14. The average molecular weight is 551 g/mol. The van der Waals surface area contributed by atoms with Crippen molar-refractivity contribution in [2.75, 3.05) is 4.90 Å². The van der Waals surface area contributed by atoms with E-state index in [0.717, 1.165) is 21.3 Å². The van der Waals surface area contributed by atoms with E-state index in [1.807, 2.05) is 60.7 Å². The van der Waals surface area contributed by atoms with Crippen LogP contribution in [0.4, 0.5) is 5.69 Å². The molecule has 4 rings (SSSR count). The summed E-state index contributed by atoms with van der Waals surface area (Å²) in [4.78, 5) is 15.1. The van der Waals surface area contributed by atoms with Gasteiger partial charge < -0.3 is 4.74 Å². The summed E-state index contributed by atoms with van der Waals surface area (Å²) in [6.45, 7) is 0.310. The van der Waals surface area contributed by atoms with Crippen LogP contribution in [0.25, 0.3) is 6.08 Å². The Labute approximate surface area is 208 Å². The molecule has 3 nitrogen and oxygen atoms in total. The van der Waals surface area contributed by atoms with Gasteiger partial charge in [0.15, 0.2) is 4.32 Å². The lowest BCUT2D eigenvalue weighted by molar-refractivity contribution is -0.113. The predicted octanol–water partition coefficient (Wildman–Crippen LogP) is 7.74. The quantitative estimate of drug-likeness (QED) is 0.240. The molecule has 0 atom stereocenters. The highest BCUT2D eigenvalue weighted by molar-refractivity contribution is 9.10. The maximum absolute atomic E-state index is 13.0. The van der Waals surface area contributed by atoms with Crippen molar-refractivity contribution >= 4 is 85.1 Å². The molecule has 0 aromatic heterocycles. The molecule has 0 radical (unpaired) electrons. The number of thiocarbonyl (C=S) groups is 1. The van der Waals surface area contributed by atoms with Gasteiger partial charge in [0.2, 0.25) is 0 Å². The van der Waals surface area contributed by atoms with E-state index in [-0.39, 0.29) is 5.91 Å². The van der Waals surface area contributed by atoms with Gasteiger partial charge in [0.25, 0.3) is 5.91 Å². The van der Waals surface area contributed by atoms with E-state index in [4.69, 9.17) is 40.2 Å². The van der Waals surface area contributed by atoms with Gasteiger partial charge in [0, 0.05) is 20.1 Å². The first-order valence-electron chi connectivity index (χ1n) is 9.11. The van der Waals surface area contributed by atoms with Crippen LogP contribution in [0.15, 0.2) is 76.1 Å². The summed E-state index contributed by atoms with van der Waals surface area (Å²) in [6, 6.07) is 20.3. The summed E-state index contributed by atoms with van der Waals surface area (Å²) in [5.41, 5.74) is 2.41. The summed E-state index contributed by atoms with van der Waals surface area (Å²) in [5, 5.41) is 1.13. The molecular formula is C23H14BrCl2NO2S2. The van der Waals surface area contributed by atoms with E-state index >= 15 is 0 Å². The number of thioether (sulfide) groups is 1. The number of benzene rings is 3. The third-order valence-corrected chi connectivity index (χ3v) is 6.81. The van der Waals surface area contributed by atoms with Crippen LogP contribution >= 0.6 is 63.1 Å². The van der Waals surface area contributed by atoms with Crippen molar-refractivity contribution in [3.05, 3.63) is 97.3 Å². The second-order valence-corrected chi connectivity index (χ2v) is 10.0. The summed E-state index contributed by atoms with van der Waals surface area (Å²) in [7, 11) is 0. The molecule has 0 unspecified atom stereocenters. The minimum atomic E-state index is -0.146. The molecule has 0 aliphatic carbocycles. The summed E-state index contributed by atoms with van der Waals surface area (Å²) in [5.74, 6) is 0.523. The average Bonchev–Trinajstić information content (AvgIpc) is 3.00. The fourth-order valence-corrected chi connectivity index (χ4v) is 5.10. The molecule has 1 saturated heterocycles. The highest BCUT2D eigenvalue weighted by Crippen LogP contribution is 2.37. The van der Waals surface area contributed by atoms with E-state index in [9.17, 15) is 4.79 Å². The third kappa shape index (κ3) is 5.33. The molecule has 0 spiro atoms. The van der Waals surface area contributed by atoms with Crippen LogP contribution in [-0.2, 0) is 11.4 Å². The van der Waals surface area contributed by atoms with Crippen LogP contribution in [0, 0.1) is 0 Å². The lowest BCUT2D eigenvalue weighted by Crippen LogP contribution is -2.27. The molecule has 1 amide bonds. The number of carbonyl (C=O) groups is 1. The Hall–Kier alpha value is -1.83. The van der Waals surface area contributed by atoms with E-state index < -0.39 is 0 Å². The minimum absolute atomic E-state index is 0.146. The first-order valence-corrected chi connectivity index (χ1v) is 11.9. The fourth-order valence-electron chi connectivity index (χ4n) is 2.95. The van der Waals surface area contributed by atoms with Crippen molar-refractivity contribution in [1.29, 1.82) is 0 Å². The van der Waals surface area contributed by atoms with E-state index in [2.05, 4.69) is 15.9 Å². The first kappa shape index (κ1) is 22.4. The van der Waals surface area contributed by atoms with Crippen LogP contribution in [-0.4, -0.2) is 10.2 Å². The van der Waals surface area contributed by atoms with E-state index in [1.54, 1.807) is 17.0 Å². The zero-order valence-corrected chi connectivity index (χ0v) is 20.6. The molecule has 8 heteroatoms. The van der Waals surface area contributed by atoms with Gasteiger partial charge in [-0.05, 0) is 54.1 Å². The molecule has 1 fully saturated rings. The van der Waals surface area contributed by atoms with Crippen LogP contribution in [0.2, 0.25) is 10.0 Å². The Morgan fingerprint density at radius 3 is 2.65 bits per heavy atom. The lowest BCUT2D eigenvalue weighted by atomic mass is 10.2. The minimum Gasteiger partial charge on any atom is -0.489 e. The zero-order valence-electron chi connectivity index (χ0n) is 15.8. The number of amides is 1. The molecule has 0 bridgehead atoms. The first-order chi connectivity index (χ1) is 14.9. The van der Waals surface area contributed by atoms with Crippen molar-refractivity contribution in [2.24, 2.45) is 0 Å². The number of anilines is 1. The Balaban J connectivity index is 1.51. The molecule has 0 saturated carbocycles. The molecule has 156 valence electrons. The SMILES string of the molecule is O=C1/C(=C\c2cccc(OCc3ccc(Cl)cc3Cl)c2)SC(=S)N1c1cccc(Br)c1. The van der Waals surface area contributed by atoms with Gasteiger partial charge in [-0.2, -0.15) is 0 Å². The molecule has 3 aromatic rings. The number of ether oxygens (including phenoxy) is 1. The van der Waals surface area contributed by atoms with Gasteiger partial charge in [0.05, 0.1) is 10.6 Å². The second kappa shape index (κ2) is 9.76. The van der Waals surface area contributed by atoms with Crippen molar-refractivity contribution in [1.82, 2.24) is 0 Å². The Morgan fingerprint density at radius 1 is 1.06 bits per heavy atom. The molecule has 3 aromatic carbocycles. The summed E-state index contributed by atoms with van der Waals surface area (Å²) < 4.78 is 7.26. The Morgan fingerprint density at radius 2 is 1.87 bits per heavy atom. The van der Waals surface area contributed by atoms with Gasteiger partial charge in [-0.25, -0.2) is 0 Å². The molecular weight excluding hydrogens is 537 g/mol. The van der Waals surface area contributed by atoms with Gasteiger partial charge >= 0.3 is 0 Å². The number of rotatable bonds is 5. The normalized spacial score (nSPS) is 15.1. The standard InChI is InChI=1S/C23H14BrCl2NO2S2/c24-16-4-2-5-18(11-16)27-22(28)21(31-23(27)30)10-14-3-1-6-19(9-14)29-13-15-7-8-17(25)12-20(15)26/h1-12H,13H2/b21-10+.